The van der Waals surface area contributed by atoms with Gasteiger partial charge in [0.25, 0.3) is 0 Å². The molecule has 22 heavy (non-hydrogen) atoms. The van der Waals surface area contributed by atoms with Gasteiger partial charge in [-0.25, -0.2) is 0 Å². The molecule has 4 rings (SSSR count). The van der Waals surface area contributed by atoms with Crippen molar-refractivity contribution in [3.05, 3.63) is 42.1 Å². The smallest absolute Gasteiger partial charge is 0.0708 e. The van der Waals surface area contributed by atoms with Crippen molar-refractivity contribution in [1.82, 2.24) is 4.98 Å². The summed E-state index contributed by atoms with van der Waals surface area (Å²) >= 11 is 0. The van der Waals surface area contributed by atoms with E-state index in [9.17, 15) is 0 Å². The highest BCUT2D eigenvalue weighted by Gasteiger charge is 2.51. The Balaban J connectivity index is 1.96. The lowest BCUT2D eigenvalue weighted by Gasteiger charge is -2.39. The molecule has 0 spiro atoms. The topological polar surface area (TPSA) is 25.2 Å². The summed E-state index contributed by atoms with van der Waals surface area (Å²) in [6.07, 6.45) is 3.23. The standard InChI is InChI=1S/C20H24N2/c1-12-11-16-13(2)18(12)19(22-20(16,3)4)15-9-10-21-17-8-6-5-7-14(15)17/h5-10,12-13,16,18H,11H2,1-4H3/t12?,13-,16?,18?/m0/s1. The second kappa shape index (κ2) is 4.65. The predicted molar refractivity (Wildman–Crippen MR) is 92.3 cm³/mol. The number of hydrogen-bond acceptors (Lipinski definition) is 2. The third-order valence-electron chi connectivity index (χ3n) is 6.00. The van der Waals surface area contributed by atoms with Crippen molar-refractivity contribution < 1.29 is 0 Å². The van der Waals surface area contributed by atoms with Crippen LogP contribution in [0.5, 0.6) is 0 Å². The molecule has 0 amide bonds. The van der Waals surface area contributed by atoms with Crippen LogP contribution in [-0.4, -0.2) is 16.2 Å². The summed E-state index contributed by atoms with van der Waals surface area (Å²) in [7, 11) is 0. The molecule has 1 aromatic heterocycles. The quantitative estimate of drug-likeness (QED) is 0.746. The van der Waals surface area contributed by atoms with Crippen LogP contribution >= 0.6 is 0 Å². The Morgan fingerprint density at radius 3 is 2.68 bits per heavy atom. The maximum Gasteiger partial charge on any atom is 0.0708 e. The van der Waals surface area contributed by atoms with Gasteiger partial charge in [0, 0.05) is 28.8 Å². The molecule has 2 nitrogen and oxygen atoms in total. The Morgan fingerprint density at radius 1 is 1.09 bits per heavy atom. The normalized spacial score (nSPS) is 33.0. The Hall–Kier alpha value is -1.70. The molecule has 1 aromatic carbocycles. The summed E-state index contributed by atoms with van der Waals surface area (Å²) in [4.78, 5) is 9.77. The van der Waals surface area contributed by atoms with E-state index in [0.717, 1.165) is 5.52 Å². The minimum absolute atomic E-state index is 0.0420. The zero-order chi connectivity index (χ0) is 15.5. The van der Waals surface area contributed by atoms with Crippen molar-refractivity contribution in [1.29, 1.82) is 0 Å². The van der Waals surface area contributed by atoms with Gasteiger partial charge in [0.2, 0.25) is 0 Å². The van der Waals surface area contributed by atoms with Crippen molar-refractivity contribution in [2.75, 3.05) is 0 Å². The van der Waals surface area contributed by atoms with Gasteiger partial charge >= 0.3 is 0 Å². The molecule has 0 radical (unpaired) electrons. The molecule has 2 heterocycles. The molecular formula is C20H24N2. The number of pyridine rings is 1. The fourth-order valence-electron chi connectivity index (χ4n) is 5.01. The lowest BCUT2D eigenvalue weighted by atomic mass is 9.73. The van der Waals surface area contributed by atoms with Crippen molar-refractivity contribution in [2.45, 2.75) is 39.7 Å². The molecule has 2 bridgehead atoms. The SMILES string of the molecule is CC1CC2[C@H](C)C1C(c1ccnc3ccccc13)=NC2(C)C. The first-order valence-corrected chi connectivity index (χ1v) is 8.43. The molecular weight excluding hydrogens is 268 g/mol. The fourth-order valence-corrected chi connectivity index (χ4v) is 5.01. The minimum Gasteiger partial charge on any atom is -0.282 e. The average molecular weight is 292 g/mol. The Bertz CT molecular complexity index is 754. The maximum atomic E-state index is 5.25. The fraction of sp³-hybridized carbons (Fsp3) is 0.500. The molecule has 1 aliphatic carbocycles. The van der Waals surface area contributed by atoms with E-state index in [1.807, 2.05) is 6.20 Å². The first-order valence-electron chi connectivity index (χ1n) is 8.43. The van der Waals surface area contributed by atoms with E-state index >= 15 is 0 Å². The van der Waals surface area contributed by atoms with E-state index in [1.165, 1.54) is 23.1 Å². The highest BCUT2D eigenvalue weighted by atomic mass is 14.9. The maximum absolute atomic E-state index is 5.25. The van der Waals surface area contributed by atoms with Crippen LogP contribution < -0.4 is 0 Å². The Labute approximate surface area is 132 Å². The number of nitrogens with zero attached hydrogens (tertiary/aromatic N) is 2. The molecule has 2 aliphatic rings. The summed E-state index contributed by atoms with van der Waals surface area (Å²) in [5, 5.41) is 1.24. The molecule has 1 aliphatic heterocycles. The highest BCUT2D eigenvalue weighted by Crippen LogP contribution is 2.52. The zero-order valence-electron chi connectivity index (χ0n) is 13.9. The Morgan fingerprint density at radius 2 is 1.86 bits per heavy atom. The lowest BCUT2D eigenvalue weighted by Crippen LogP contribution is -2.40. The highest BCUT2D eigenvalue weighted by molar-refractivity contribution is 6.12. The third kappa shape index (κ3) is 1.86. The summed E-state index contributed by atoms with van der Waals surface area (Å²) in [6.45, 7) is 9.46. The van der Waals surface area contributed by atoms with Gasteiger partial charge in [0.15, 0.2) is 0 Å². The van der Waals surface area contributed by atoms with Gasteiger partial charge in [-0.1, -0.05) is 32.0 Å². The molecule has 0 N–H and O–H groups in total. The molecule has 1 fully saturated rings. The van der Waals surface area contributed by atoms with E-state index in [1.54, 1.807) is 0 Å². The van der Waals surface area contributed by atoms with Crippen molar-refractivity contribution in [3.63, 3.8) is 0 Å². The van der Waals surface area contributed by atoms with E-state index in [4.69, 9.17) is 4.99 Å². The van der Waals surface area contributed by atoms with Crippen molar-refractivity contribution in [3.8, 4) is 0 Å². The number of hydrogen-bond donors (Lipinski definition) is 0. The summed E-state index contributed by atoms with van der Waals surface area (Å²) < 4.78 is 0. The number of aliphatic imine (C=N–C) groups is 1. The predicted octanol–water partition coefficient (Wildman–Crippen LogP) is 4.72. The first-order chi connectivity index (χ1) is 10.5. The second-order valence-electron chi connectivity index (χ2n) is 7.73. The number of aromatic nitrogens is 1. The van der Waals surface area contributed by atoms with E-state index in [-0.39, 0.29) is 5.54 Å². The van der Waals surface area contributed by atoms with Crippen LogP contribution in [0, 0.1) is 23.7 Å². The van der Waals surface area contributed by atoms with E-state index < -0.39 is 0 Å². The number of rotatable bonds is 1. The first kappa shape index (κ1) is 13.9. The van der Waals surface area contributed by atoms with Gasteiger partial charge in [-0.05, 0) is 50.2 Å². The van der Waals surface area contributed by atoms with E-state index in [2.05, 4.69) is 63.0 Å². The van der Waals surface area contributed by atoms with Gasteiger partial charge in [0.05, 0.1) is 11.1 Å². The van der Waals surface area contributed by atoms with Crippen LogP contribution in [0.25, 0.3) is 10.9 Å². The molecule has 3 unspecified atom stereocenters. The summed E-state index contributed by atoms with van der Waals surface area (Å²) in [6, 6.07) is 10.6. The second-order valence-corrected chi connectivity index (χ2v) is 7.73. The van der Waals surface area contributed by atoms with Crippen molar-refractivity contribution >= 4 is 16.6 Å². The van der Waals surface area contributed by atoms with Crippen LogP contribution in [0.1, 0.15) is 39.7 Å². The minimum atomic E-state index is 0.0420. The molecule has 2 aromatic rings. The monoisotopic (exact) mass is 292 g/mol. The van der Waals surface area contributed by atoms with Gasteiger partial charge in [-0.3, -0.25) is 9.98 Å². The zero-order valence-corrected chi connectivity index (χ0v) is 13.9. The molecule has 1 saturated carbocycles. The van der Waals surface area contributed by atoms with Crippen LogP contribution in [0.2, 0.25) is 0 Å². The molecule has 2 heteroatoms. The summed E-state index contributed by atoms with van der Waals surface area (Å²) in [5.74, 6) is 2.73. The van der Waals surface area contributed by atoms with Gasteiger partial charge in [-0.2, -0.15) is 0 Å². The van der Waals surface area contributed by atoms with Gasteiger partial charge < -0.3 is 0 Å². The van der Waals surface area contributed by atoms with Crippen LogP contribution in [0.4, 0.5) is 0 Å². The number of benzene rings is 1. The van der Waals surface area contributed by atoms with Crippen LogP contribution in [0.15, 0.2) is 41.5 Å². The number of para-hydroxylation sites is 1. The molecule has 4 atom stereocenters. The lowest BCUT2D eigenvalue weighted by molar-refractivity contribution is 0.240. The largest absolute Gasteiger partial charge is 0.282 e. The van der Waals surface area contributed by atoms with Gasteiger partial charge in [-0.15, -0.1) is 0 Å². The average Bonchev–Trinajstić information content (AvgIpc) is 2.74. The van der Waals surface area contributed by atoms with Gasteiger partial charge in [0.1, 0.15) is 0 Å². The van der Waals surface area contributed by atoms with Crippen molar-refractivity contribution in [2.24, 2.45) is 28.7 Å². The molecule has 114 valence electrons. The number of fused-ring (bicyclic) bond motifs is 3. The third-order valence-corrected chi connectivity index (χ3v) is 6.00. The van der Waals surface area contributed by atoms with E-state index in [0.29, 0.717) is 23.7 Å². The summed E-state index contributed by atoms with van der Waals surface area (Å²) in [5.41, 5.74) is 3.72. The van der Waals surface area contributed by atoms with Crippen LogP contribution in [0.3, 0.4) is 0 Å². The Kier molecular flexibility index (Phi) is 2.94. The van der Waals surface area contributed by atoms with Crippen LogP contribution in [-0.2, 0) is 0 Å². The molecule has 0 saturated heterocycles.